The van der Waals surface area contributed by atoms with Crippen molar-refractivity contribution in [3.63, 3.8) is 0 Å². The summed E-state index contributed by atoms with van der Waals surface area (Å²) in [5.41, 5.74) is 2.30. The molecule has 1 aliphatic carbocycles. The summed E-state index contributed by atoms with van der Waals surface area (Å²) < 4.78 is 2.13. The monoisotopic (exact) mass is 320 g/mol. The maximum atomic E-state index is 11.6. The maximum absolute atomic E-state index is 11.6. The third-order valence-electron chi connectivity index (χ3n) is 4.98. The van der Waals surface area contributed by atoms with Crippen LogP contribution in [-0.4, -0.2) is 51.4 Å². The number of carbonyl (C=O) groups excluding carboxylic acids is 1. The lowest BCUT2D eigenvalue weighted by atomic mass is 10.2. The zero-order valence-corrected chi connectivity index (χ0v) is 13.8. The Kier molecular flexibility index (Phi) is 5.67. The van der Waals surface area contributed by atoms with Crippen LogP contribution in [-0.2, 0) is 24.3 Å². The fourth-order valence-corrected chi connectivity index (χ4v) is 3.78. The van der Waals surface area contributed by atoms with E-state index < -0.39 is 0 Å². The minimum Gasteiger partial charge on any atom is -0.395 e. The maximum Gasteiger partial charge on any atom is 0.220 e. The Morgan fingerprint density at radius 1 is 1.30 bits per heavy atom. The van der Waals surface area contributed by atoms with E-state index >= 15 is 0 Å². The predicted molar refractivity (Wildman–Crippen MR) is 87.9 cm³/mol. The van der Waals surface area contributed by atoms with Gasteiger partial charge in [-0.2, -0.15) is 5.10 Å². The third kappa shape index (κ3) is 4.32. The molecule has 2 aliphatic rings. The summed E-state index contributed by atoms with van der Waals surface area (Å²) in [5.74, 6) is -0.0187. The number of aryl methyl sites for hydroxylation is 2. The average molecular weight is 320 g/mol. The van der Waals surface area contributed by atoms with Gasteiger partial charge in [0.2, 0.25) is 5.91 Å². The van der Waals surface area contributed by atoms with Crippen molar-refractivity contribution in [2.75, 3.05) is 19.7 Å². The first-order valence-corrected chi connectivity index (χ1v) is 8.93. The third-order valence-corrected chi connectivity index (χ3v) is 4.98. The van der Waals surface area contributed by atoms with Crippen LogP contribution in [0.15, 0.2) is 6.07 Å². The van der Waals surface area contributed by atoms with Gasteiger partial charge < -0.3 is 10.4 Å². The molecule has 1 amide bonds. The van der Waals surface area contributed by atoms with Gasteiger partial charge in [-0.25, -0.2) is 0 Å². The summed E-state index contributed by atoms with van der Waals surface area (Å²) in [5, 5.41) is 16.1. The topological polar surface area (TPSA) is 70.4 Å². The zero-order valence-electron chi connectivity index (χ0n) is 13.8. The average Bonchev–Trinajstić information content (AvgIpc) is 3.17. The van der Waals surface area contributed by atoms with Crippen molar-refractivity contribution < 1.29 is 9.90 Å². The van der Waals surface area contributed by atoms with E-state index in [-0.39, 0.29) is 12.5 Å². The smallest absolute Gasteiger partial charge is 0.220 e. The second-order valence-corrected chi connectivity index (χ2v) is 6.69. The van der Waals surface area contributed by atoms with E-state index in [4.69, 9.17) is 5.11 Å². The number of hydrogen-bond donors (Lipinski definition) is 2. The van der Waals surface area contributed by atoms with Crippen LogP contribution in [0.2, 0.25) is 0 Å². The first kappa shape index (κ1) is 16.5. The Hall–Kier alpha value is -1.40. The first-order chi connectivity index (χ1) is 11.3. The van der Waals surface area contributed by atoms with Crippen LogP contribution in [0.5, 0.6) is 0 Å². The number of nitrogens with zero attached hydrogens (tertiary/aromatic N) is 3. The van der Waals surface area contributed by atoms with E-state index in [0.717, 1.165) is 31.2 Å². The molecule has 6 nitrogen and oxygen atoms in total. The van der Waals surface area contributed by atoms with E-state index in [1.165, 1.54) is 37.9 Å². The van der Waals surface area contributed by atoms with Crippen LogP contribution in [0.4, 0.5) is 0 Å². The van der Waals surface area contributed by atoms with Gasteiger partial charge >= 0.3 is 0 Å². The molecule has 0 spiro atoms. The number of rotatable bonds is 6. The molecule has 2 heterocycles. The van der Waals surface area contributed by atoms with E-state index in [2.05, 4.69) is 26.1 Å². The molecule has 1 aliphatic heterocycles. The quantitative estimate of drug-likeness (QED) is 0.823. The molecule has 0 atom stereocenters. The molecule has 1 fully saturated rings. The normalized spacial score (nSPS) is 19.5. The molecule has 2 N–H and O–H groups in total. The lowest BCUT2D eigenvalue weighted by molar-refractivity contribution is -0.121. The fraction of sp³-hybridized carbons (Fsp3) is 0.765. The van der Waals surface area contributed by atoms with Gasteiger partial charge in [-0.3, -0.25) is 14.4 Å². The van der Waals surface area contributed by atoms with Crippen LogP contribution in [0.25, 0.3) is 0 Å². The summed E-state index contributed by atoms with van der Waals surface area (Å²) in [6.45, 7) is 3.47. The summed E-state index contributed by atoms with van der Waals surface area (Å²) >= 11 is 0. The van der Waals surface area contributed by atoms with Gasteiger partial charge in [0, 0.05) is 45.1 Å². The second-order valence-electron chi connectivity index (χ2n) is 6.69. The van der Waals surface area contributed by atoms with Crippen molar-refractivity contribution in [1.82, 2.24) is 20.0 Å². The van der Waals surface area contributed by atoms with E-state index in [1.807, 2.05) is 0 Å². The lowest BCUT2D eigenvalue weighted by Gasteiger charge is -2.26. The molecular formula is C17H28N4O2. The highest BCUT2D eigenvalue weighted by molar-refractivity contribution is 5.76. The largest absolute Gasteiger partial charge is 0.395 e. The highest BCUT2D eigenvalue weighted by Gasteiger charge is 2.25. The second kappa shape index (κ2) is 7.93. The molecule has 1 saturated carbocycles. The molecule has 6 heteroatoms. The van der Waals surface area contributed by atoms with Gasteiger partial charge in [-0.15, -0.1) is 0 Å². The summed E-state index contributed by atoms with van der Waals surface area (Å²) in [4.78, 5) is 14.3. The van der Waals surface area contributed by atoms with Crippen LogP contribution >= 0.6 is 0 Å². The van der Waals surface area contributed by atoms with Crippen LogP contribution in [0.1, 0.15) is 49.9 Å². The van der Waals surface area contributed by atoms with Gasteiger partial charge in [-0.05, 0) is 25.3 Å². The van der Waals surface area contributed by atoms with Crippen LogP contribution in [0, 0.1) is 0 Å². The summed E-state index contributed by atoms with van der Waals surface area (Å²) in [7, 11) is 0. The van der Waals surface area contributed by atoms with E-state index in [1.54, 1.807) is 0 Å². The standard InChI is InChI=1S/C17H28N4O2/c22-11-8-18-17(23)7-6-14-12-16-13-20(15-4-1-2-5-15)9-3-10-21(16)19-14/h12,15,22H,1-11,13H2,(H,18,23). The molecule has 1 aromatic rings. The van der Waals surface area contributed by atoms with Crippen LogP contribution in [0.3, 0.4) is 0 Å². The molecule has 1 aromatic heterocycles. The molecule has 0 unspecified atom stereocenters. The molecule has 0 bridgehead atoms. The summed E-state index contributed by atoms with van der Waals surface area (Å²) in [6.07, 6.45) is 7.67. The summed E-state index contributed by atoms with van der Waals surface area (Å²) in [6, 6.07) is 2.93. The van der Waals surface area contributed by atoms with Crippen molar-refractivity contribution in [2.24, 2.45) is 0 Å². The van der Waals surface area contributed by atoms with E-state index in [9.17, 15) is 4.79 Å². The molecule has 23 heavy (non-hydrogen) atoms. The number of fused-ring (bicyclic) bond motifs is 1. The number of nitrogens with one attached hydrogen (secondary N) is 1. The number of hydrogen-bond acceptors (Lipinski definition) is 4. The number of aliphatic hydroxyl groups is 1. The zero-order chi connectivity index (χ0) is 16.1. The van der Waals surface area contributed by atoms with Crippen molar-refractivity contribution in [3.8, 4) is 0 Å². The van der Waals surface area contributed by atoms with Crippen LogP contribution < -0.4 is 5.32 Å². The Morgan fingerprint density at radius 2 is 2.13 bits per heavy atom. The van der Waals surface area contributed by atoms with Gasteiger partial charge in [0.15, 0.2) is 0 Å². The first-order valence-electron chi connectivity index (χ1n) is 8.93. The molecule has 0 aromatic carbocycles. The molecule has 0 radical (unpaired) electrons. The lowest BCUT2D eigenvalue weighted by Crippen LogP contribution is -2.32. The van der Waals surface area contributed by atoms with Gasteiger partial charge in [0.05, 0.1) is 18.0 Å². The van der Waals surface area contributed by atoms with Gasteiger partial charge in [0.25, 0.3) is 0 Å². The minimum atomic E-state index is -0.0187. The number of amides is 1. The molecule has 128 valence electrons. The number of carbonyl (C=O) groups is 1. The highest BCUT2D eigenvalue weighted by Crippen LogP contribution is 2.26. The Bertz CT molecular complexity index is 523. The molecule has 3 rings (SSSR count). The van der Waals surface area contributed by atoms with E-state index in [0.29, 0.717) is 19.4 Å². The minimum absolute atomic E-state index is 0.0124. The van der Waals surface area contributed by atoms with Crippen molar-refractivity contribution >= 4 is 5.91 Å². The number of aliphatic hydroxyl groups excluding tert-OH is 1. The highest BCUT2D eigenvalue weighted by atomic mass is 16.3. The SMILES string of the molecule is O=C(CCc1cc2n(n1)CCCN(C1CCCC1)C2)NCCO. The number of aromatic nitrogens is 2. The Morgan fingerprint density at radius 3 is 2.91 bits per heavy atom. The Labute approximate surface area is 137 Å². The Balaban J connectivity index is 1.57. The predicted octanol–water partition coefficient (Wildman–Crippen LogP) is 1.07. The van der Waals surface area contributed by atoms with Crippen molar-refractivity contribution in [2.45, 2.75) is 64.1 Å². The van der Waals surface area contributed by atoms with Gasteiger partial charge in [0.1, 0.15) is 0 Å². The van der Waals surface area contributed by atoms with Crippen molar-refractivity contribution in [1.29, 1.82) is 0 Å². The fourth-order valence-electron chi connectivity index (χ4n) is 3.78. The van der Waals surface area contributed by atoms with Gasteiger partial charge in [-0.1, -0.05) is 12.8 Å². The van der Waals surface area contributed by atoms with Crippen molar-refractivity contribution in [3.05, 3.63) is 17.5 Å². The molecule has 0 saturated heterocycles. The molecular weight excluding hydrogens is 292 g/mol.